The molecule has 0 bridgehead atoms. The summed E-state index contributed by atoms with van der Waals surface area (Å²) in [7, 11) is 3.07. The zero-order valence-corrected chi connectivity index (χ0v) is 20.1. The molecule has 34 heavy (non-hydrogen) atoms. The van der Waals surface area contributed by atoms with Crippen molar-refractivity contribution < 1.29 is 13.9 Å². The molecule has 0 atom stereocenters. The molecule has 0 saturated carbocycles. The van der Waals surface area contributed by atoms with E-state index in [1.807, 2.05) is 36.5 Å². The molecule has 0 fully saturated rings. The number of aromatic nitrogens is 3. The zero-order valence-electron chi connectivity index (χ0n) is 18.5. The largest absolute Gasteiger partial charge is 0.496 e. The molecule has 0 amide bonds. The van der Waals surface area contributed by atoms with E-state index in [4.69, 9.17) is 13.9 Å². The fraction of sp³-hybridized carbons (Fsp3) is 0.160. The fourth-order valence-electron chi connectivity index (χ4n) is 3.77. The van der Waals surface area contributed by atoms with Gasteiger partial charge in [0.1, 0.15) is 33.7 Å². The minimum atomic E-state index is -0.167. The highest BCUT2D eigenvalue weighted by Gasteiger charge is 2.15. The highest BCUT2D eigenvalue weighted by molar-refractivity contribution is 9.10. The van der Waals surface area contributed by atoms with Gasteiger partial charge in [-0.1, -0.05) is 33.3 Å². The Morgan fingerprint density at radius 3 is 2.62 bits per heavy atom. The summed E-state index contributed by atoms with van der Waals surface area (Å²) >= 11 is 3.44. The van der Waals surface area contributed by atoms with Gasteiger partial charge < -0.3 is 19.2 Å². The van der Waals surface area contributed by atoms with Crippen molar-refractivity contribution in [2.24, 2.45) is 0 Å². The number of ether oxygens (including phenoxy) is 2. The molecule has 8 nitrogen and oxygen atoms in total. The molecule has 0 saturated heterocycles. The summed E-state index contributed by atoms with van der Waals surface area (Å²) in [6.07, 6.45) is 1.90. The van der Waals surface area contributed by atoms with Crippen LogP contribution >= 0.6 is 15.9 Å². The van der Waals surface area contributed by atoms with Crippen LogP contribution in [-0.2, 0) is 13.1 Å². The molecule has 0 aliphatic rings. The smallest absolute Gasteiger partial charge is 0.204 e. The van der Waals surface area contributed by atoms with Gasteiger partial charge in [0.2, 0.25) is 5.43 Å². The quantitative estimate of drug-likeness (QED) is 0.302. The van der Waals surface area contributed by atoms with Crippen molar-refractivity contribution >= 4 is 43.6 Å². The lowest BCUT2D eigenvalue weighted by molar-refractivity contribution is 0.396. The molecular formula is C25H21BrN4O4. The first kappa shape index (κ1) is 22.0. The standard InChI is InChI=1S/C25H21BrN4O4/c1-32-19-10-22(33-2)24-23(11-19)34-21-8-7-17(9-20(21)25(24)31)27-12-18-14-30(29-28-18)13-15-3-5-16(26)6-4-15/h3-11,14,27H,12-13H2,1-2H3. The number of methoxy groups -OCH3 is 2. The first-order valence-corrected chi connectivity index (χ1v) is 11.3. The van der Waals surface area contributed by atoms with Gasteiger partial charge in [-0.3, -0.25) is 4.79 Å². The van der Waals surface area contributed by atoms with Crippen LogP contribution in [0.5, 0.6) is 11.5 Å². The van der Waals surface area contributed by atoms with Gasteiger partial charge in [-0.25, -0.2) is 4.68 Å². The van der Waals surface area contributed by atoms with E-state index < -0.39 is 0 Å². The van der Waals surface area contributed by atoms with Crippen molar-refractivity contribution in [2.45, 2.75) is 13.1 Å². The second-order valence-electron chi connectivity index (χ2n) is 7.73. The minimum Gasteiger partial charge on any atom is -0.496 e. The second kappa shape index (κ2) is 9.18. The lowest BCUT2D eigenvalue weighted by atomic mass is 10.1. The van der Waals surface area contributed by atoms with Crippen LogP contribution in [0.3, 0.4) is 0 Å². The van der Waals surface area contributed by atoms with E-state index in [9.17, 15) is 4.79 Å². The Bertz CT molecular complexity index is 1540. The summed E-state index contributed by atoms with van der Waals surface area (Å²) in [6.45, 7) is 1.10. The second-order valence-corrected chi connectivity index (χ2v) is 8.65. The van der Waals surface area contributed by atoms with Crippen LogP contribution < -0.4 is 20.2 Å². The van der Waals surface area contributed by atoms with Crippen molar-refractivity contribution in [3.63, 3.8) is 0 Å². The maximum Gasteiger partial charge on any atom is 0.204 e. The van der Waals surface area contributed by atoms with E-state index in [1.54, 1.807) is 36.1 Å². The Morgan fingerprint density at radius 2 is 1.85 bits per heavy atom. The number of rotatable bonds is 7. The molecule has 2 aromatic heterocycles. The van der Waals surface area contributed by atoms with Crippen molar-refractivity contribution in [3.05, 3.63) is 86.7 Å². The van der Waals surface area contributed by atoms with Crippen LogP contribution in [0.4, 0.5) is 5.69 Å². The molecular weight excluding hydrogens is 500 g/mol. The molecule has 0 radical (unpaired) electrons. The predicted octanol–water partition coefficient (Wildman–Crippen LogP) is 4.98. The lowest BCUT2D eigenvalue weighted by Crippen LogP contribution is -2.06. The molecule has 3 aromatic carbocycles. The number of halogens is 1. The van der Waals surface area contributed by atoms with Crippen molar-refractivity contribution in [3.8, 4) is 11.5 Å². The third-order valence-corrected chi connectivity index (χ3v) is 6.01. The van der Waals surface area contributed by atoms with Gasteiger partial charge in [-0.05, 0) is 35.9 Å². The van der Waals surface area contributed by atoms with E-state index >= 15 is 0 Å². The average molecular weight is 521 g/mol. The van der Waals surface area contributed by atoms with E-state index in [1.165, 1.54) is 7.11 Å². The van der Waals surface area contributed by atoms with Gasteiger partial charge in [-0.2, -0.15) is 0 Å². The fourth-order valence-corrected chi connectivity index (χ4v) is 4.04. The first-order chi connectivity index (χ1) is 16.5. The highest BCUT2D eigenvalue weighted by Crippen LogP contribution is 2.31. The van der Waals surface area contributed by atoms with Crippen LogP contribution in [0.25, 0.3) is 21.9 Å². The number of hydrogen-bond donors (Lipinski definition) is 1. The van der Waals surface area contributed by atoms with Crippen LogP contribution in [0.2, 0.25) is 0 Å². The first-order valence-electron chi connectivity index (χ1n) is 10.5. The summed E-state index contributed by atoms with van der Waals surface area (Å²) in [6, 6.07) is 16.8. The average Bonchev–Trinajstić information content (AvgIpc) is 3.30. The Morgan fingerprint density at radius 1 is 1.03 bits per heavy atom. The van der Waals surface area contributed by atoms with Gasteiger partial charge in [0.15, 0.2) is 0 Å². The van der Waals surface area contributed by atoms with Crippen molar-refractivity contribution in [1.29, 1.82) is 0 Å². The molecule has 1 N–H and O–H groups in total. The van der Waals surface area contributed by atoms with Gasteiger partial charge in [0.25, 0.3) is 0 Å². The molecule has 0 unspecified atom stereocenters. The lowest BCUT2D eigenvalue weighted by Gasteiger charge is -2.10. The summed E-state index contributed by atoms with van der Waals surface area (Å²) in [5, 5.41) is 12.6. The third-order valence-electron chi connectivity index (χ3n) is 5.48. The summed E-state index contributed by atoms with van der Waals surface area (Å²) in [5.74, 6) is 0.962. The summed E-state index contributed by atoms with van der Waals surface area (Å²) in [4.78, 5) is 13.3. The van der Waals surface area contributed by atoms with Crippen molar-refractivity contribution in [2.75, 3.05) is 19.5 Å². The molecule has 0 aliphatic carbocycles. The Labute approximate surface area is 203 Å². The van der Waals surface area contributed by atoms with E-state index in [-0.39, 0.29) is 5.43 Å². The van der Waals surface area contributed by atoms with Crippen LogP contribution in [0, 0.1) is 0 Å². The van der Waals surface area contributed by atoms with Gasteiger partial charge in [0.05, 0.1) is 38.9 Å². The zero-order chi connectivity index (χ0) is 23.7. The number of fused-ring (bicyclic) bond motifs is 2. The molecule has 2 heterocycles. The predicted molar refractivity (Wildman–Crippen MR) is 134 cm³/mol. The monoisotopic (exact) mass is 520 g/mol. The maximum atomic E-state index is 13.3. The highest BCUT2D eigenvalue weighted by atomic mass is 79.9. The number of nitrogens with one attached hydrogen (secondary N) is 1. The molecule has 0 spiro atoms. The van der Waals surface area contributed by atoms with Crippen LogP contribution in [0.1, 0.15) is 11.3 Å². The molecule has 172 valence electrons. The van der Waals surface area contributed by atoms with E-state index in [0.717, 1.165) is 21.4 Å². The van der Waals surface area contributed by atoms with Crippen LogP contribution in [-0.4, -0.2) is 29.2 Å². The molecule has 9 heteroatoms. The van der Waals surface area contributed by atoms with E-state index in [2.05, 4.69) is 31.6 Å². The SMILES string of the molecule is COc1cc(OC)c2c(=O)c3cc(NCc4cn(Cc5ccc(Br)cc5)nn4)ccc3oc2c1. The molecule has 0 aliphatic heterocycles. The Hall–Kier alpha value is -3.85. The normalized spacial score (nSPS) is 11.1. The number of hydrogen-bond acceptors (Lipinski definition) is 7. The Kier molecular flexibility index (Phi) is 5.93. The molecule has 5 rings (SSSR count). The maximum absolute atomic E-state index is 13.3. The van der Waals surface area contributed by atoms with Crippen molar-refractivity contribution in [1.82, 2.24) is 15.0 Å². The summed E-state index contributed by atoms with van der Waals surface area (Å²) in [5.41, 5.74) is 3.43. The number of benzene rings is 3. The van der Waals surface area contributed by atoms with Gasteiger partial charge >= 0.3 is 0 Å². The number of anilines is 1. The van der Waals surface area contributed by atoms with E-state index in [0.29, 0.717) is 46.5 Å². The van der Waals surface area contributed by atoms with Crippen LogP contribution in [0.15, 0.2) is 74.5 Å². The Balaban J connectivity index is 1.38. The van der Waals surface area contributed by atoms with Gasteiger partial charge in [0, 0.05) is 22.3 Å². The molecule has 5 aromatic rings. The minimum absolute atomic E-state index is 0.167. The van der Waals surface area contributed by atoms with Gasteiger partial charge in [-0.15, -0.1) is 5.10 Å². The topological polar surface area (TPSA) is 91.4 Å². The third kappa shape index (κ3) is 4.34. The summed E-state index contributed by atoms with van der Waals surface area (Å²) < 4.78 is 19.5. The number of nitrogens with zero attached hydrogens (tertiary/aromatic N) is 3.